The largest absolute Gasteiger partial charge is 0.355 e. The predicted octanol–water partition coefficient (Wildman–Crippen LogP) is 1.98. The molecule has 9 nitrogen and oxygen atoms in total. The maximum atomic E-state index is 12.8. The SMILES string of the molecule is CNC(=O)c1cn(C)nc1C(=O)Nc1cccc2cc(-c3cnn(C)c3)ncc12. The number of fused-ring (bicyclic) bond motifs is 1. The zero-order valence-corrected chi connectivity index (χ0v) is 16.2. The number of aryl methyl sites for hydroxylation is 2. The first-order valence-electron chi connectivity index (χ1n) is 8.91. The van der Waals surface area contributed by atoms with E-state index >= 15 is 0 Å². The third kappa shape index (κ3) is 3.45. The minimum Gasteiger partial charge on any atom is -0.355 e. The maximum Gasteiger partial charge on any atom is 0.277 e. The first-order valence-corrected chi connectivity index (χ1v) is 8.91. The summed E-state index contributed by atoms with van der Waals surface area (Å²) in [5.41, 5.74) is 2.56. The fourth-order valence-electron chi connectivity index (χ4n) is 3.13. The lowest BCUT2D eigenvalue weighted by atomic mass is 10.1. The van der Waals surface area contributed by atoms with Crippen molar-refractivity contribution in [3.63, 3.8) is 0 Å². The van der Waals surface area contributed by atoms with Crippen molar-refractivity contribution in [3.8, 4) is 11.3 Å². The van der Waals surface area contributed by atoms with Crippen molar-refractivity contribution >= 4 is 28.3 Å². The van der Waals surface area contributed by atoms with E-state index in [0.29, 0.717) is 5.69 Å². The van der Waals surface area contributed by atoms with E-state index in [2.05, 4.69) is 25.8 Å². The van der Waals surface area contributed by atoms with Gasteiger partial charge in [-0.2, -0.15) is 10.2 Å². The van der Waals surface area contributed by atoms with Gasteiger partial charge in [0.2, 0.25) is 0 Å². The van der Waals surface area contributed by atoms with E-state index in [1.165, 1.54) is 17.9 Å². The molecule has 0 aliphatic rings. The second-order valence-corrected chi connectivity index (χ2v) is 6.60. The molecule has 1 aromatic carbocycles. The van der Waals surface area contributed by atoms with Gasteiger partial charge in [0.1, 0.15) is 0 Å². The highest BCUT2D eigenvalue weighted by molar-refractivity contribution is 6.13. The topological polar surface area (TPSA) is 107 Å². The van der Waals surface area contributed by atoms with Gasteiger partial charge in [0.05, 0.1) is 23.1 Å². The normalized spacial score (nSPS) is 10.9. The molecule has 146 valence electrons. The highest BCUT2D eigenvalue weighted by Gasteiger charge is 2.21. The van der Waals surface area contributed by atoms with Crippen molar-refractivity contribution < 1.29 is 9.59 Å². The Morgan fingerprint density at radius 1 is 1.03 bits per heavy atom. The number of nitrogens with one attached hydrogen (secondary N) is 2. The highest BCUT2D eigenvalue weighted by atomic mass is 16.2. The van der Waals surface area contributed by atoms with E-state index in [1.54, 1.807) is 30.2 Å². The molecule has 29 heavy (non-hydrogen) atoms. The molecule has 4 rings (SSSR count). The monoisotopic (exact) mass is 389 g/mol. The molecule has 0 spiro atoms. The van der Waals surface area contributed by atoms with Gasteiger partial charge in [0.25, 0.3) is 11.8 Å². The first kappa shape index (κ1) is 18.4. The molecule has 0 unspecified atom stereocenters. The van der Waals surface area contributed by atoms with Gasteiger partial charge < -0.3 is 10.6 Å². The van der Waals surface area contributed by atoms with Gasteiger partial charge in [-0.1, -0.05) is 12.1 Å². The predicted molar refractivity (Wildman–Crippen MR) is 108 cm³/mol. The molecule has 3 heterocycles. The molecule has 4 aromatic rings. The lowest BCUT2D eigenvalue weighted by Crippen LogP contribution is -2.22. The third-order valence-electron chi connectivity index (χ3n) is 4.53. The van der Waals surface area contributed by atoms with Crippen LogP contribution in [0, 0.1) is 0 Å². The summed E-state index contributed by atoms with van der Waals surface area (Å²) >= 11 is 0. The molecule has 9 heteroatoms. The van der Waals surface area contributed by atoms with Gasteiger partial charge in [-0.3, -0.25) is 23.9 Å². The molecule has 2 amide bonds. The van der Waals surface area contributed by atoms with Crippen molar-refractivity contribution in [3.05, 3.63) is 60.3 Å². The molecular weight excluding hydrogens is 370 g/mol. The summed E-state index contributed by atoms with van der Waals surface area (Å²) in [5, 5.41) is 15.4. The van der Waals surface area contributed by atoms with Gasteiger partial charge in [0, 0.05) is 50.7 Å². The number of hydrogen-bond acceptors (Lipinski definition) is 5. The molecule has 0 atom stereocenters. The fourth-order valence-corrected chi connectivity index (χ4v) is 3.13. The number of carbonyl (C=O) groups excluding carboxylic acids is 2. The van der Waals surface area contributed by atoms with Gasteiger partial charge in [0.15, 0.2) is 5.69 Å². The number of rotatable bonds is 4. The van der Waals surface area contributed by atoms with Crippen LogP contribution in [0.5, 0.6) is 0 Å². The minimum absolute atomic E-state index is 0.0591. The summed E-state index contributed by atoms with van der Waals surface area (Å²) in [5.74, 6) is -0.836. The molecule has 2 N–H and O–H groups in total. The van der Waals surface area contributed by atoms with Gasteiger partial charge in [-0.25, -0.2) is 0 Å². The number of carbonyl (C=O) groups is 2. The van der Waals surface area contributed by atoms with E-state index in [-0.39, 0.29) is 17.2 Å². The Labute approximate surface area is 166 Å². The Kier molecular flexibility index (Phi) is 4.55. The Morgan fingerprint density at radius 3 is 2.59 bits per heavy atom. The number of anilines is 1. The van der Waals surface area contributed by atoms with Crippen LogP contribution >= 0.6 is 0 Å². The molecule has 0 aliphatic heterocycles. The second-order valence-electron chi connectivity index (χ2n) is 6.60. The van der Waals surface area contributed by atoms with Crippen LogP contribution in [0.3, 0.4) is 0 Å². The van der Waals surface area contributed by atoms with Crippen LogP contribution in [-0.2, 0) is 14.1 Å². The maximum absolute atomic E-state index is 12.8. The molecule has 0 fully saturated rings. The van der Waals surface area contributed by atoms with Gasteiger partial charge in [-0.15, -0.1) is 0 Å². The van der Waals surface area contributed by atoms with Crippen LogP contribution in [-0.4, -0.2) is 43.4 Å². The summed E-state index contributed by atoms with van der Waals surface area (Å²) in [6.07, 6.45) is 6.87. The molecule has 0 saturated heterocycles. The number of pyridine rings is 1. The quantitative estimate of drug-likeness (QED) is 0.555. The standard InChI is InChI=1S/C20H19N7O2/c1-21-19(28)15-11-27(3)25-18(15)20(29)24-16-6-4-5-12-7-17(22-9-14(12)16)13-8-23-26(2)10-13/h4-11H,1-3H3,(H,21,28)(H,24,29). The summed E-state index contributed by atoms with van der Waals surface area (Å²) < 4.78 is 3.15. The average molecular weight is 389 g/mol. The Balaban J connectivity index is 1.68. The van der Waals surface area contributed by atoms with Gasteiger partial charge >= 0.3 is 0 Å². The molecular formula is C20H19N7O2. The van der Waals surface area contributed by atoms with Crippen molar-refractivity contribution in [1.82, 2.24) is 29.9 Å². The Morgan fingerprint density at radius 2 is 1.86 bits per heavy atom. The van der Waals surface area contributed by atoms with Crippen molar-refractivity contribution in [2.24, 2.45) is 14.1 Å². The number of nitrogens with zero attached hydrogens (tertiary/aromatic N) is 5. The molecule has 0 saturated carbocycles. The third-order valence-corrected chi connectivity index (χ3v) is 4.53. The number of amides is 2. The van der Waals surface area contributed by atoms with E-state index in [4.69, 9.17) is 0 Å². The Bertz CT molecular complexity index is 1240. The summed E-state index contributed by atoms with van der Waals surface area (Å²) in [6, 6.07) is 7.53. The van der Waals surface area contributed by atoms with E-state index in [9.17, 15) is 9.59 Å². The molecule has 0 bridgehead atoms. The lowest BCUT2D eigenvalue weighted by Gasteiger charge is -2.09. The van der Waals surface area contributed by atoms with Crippen LogP contribution in [0.25, 0.3) is 22.0 Å². The smallest absolute Gasteiger partial charge is 0.277 e. The summed E-state index contributed by atoms with van der Waals surface area (Å²) in [4.78, 5) is 29.3. The van der Waals surface area contributed by atoms with Crippen molar-refractivity contribution in [2.45, 2.75) is 0 Å². The molecule has 0 radical (unpaired) electrons. The number of aromatic nitrogens is 5. The Hall–Kier alpha value is -4.01. The summed E-state index contributed by atoms with van der Waals surface area (Å²) in [6.45, 7) is 0. The zero-order chi connectivity index (χ0) is 20.5. The van der Waals surface area contributed by atoms with Crippen LogP contribution in [0.1, 0.15) is 20.8 Å². The van der Waals surface area contributed by atoms with Crippen LogP contribution < -0.4 is 10.6 Å². The van der Waals surface area contributed by atoms with Crippen LogP contribution in [0.2, 0.25) is 0 Å². The molecule has 0 aliphatic carbocycles. The number of hydrogen-bond donors (Lipinski definition) is 2. The van der Waals surface area contributed by atoms with Crippen molar-refractivity contribution in [2.75, 3.05) is 12.4 Å². The summed E-state index contributed by atoms with van der Waals surface area (Å²) in [7, 11) is 5.01. The van der Waals surface area contributed by atoms with Crippen LogP contribution in [0.4, 0.5) is 5.69 Å². The first-order chi connectivity index (χ1) is 14.0. The minimum atomic E-state index is -0.465. The number of benzene rings is 1. The van der Waals surface area contributed by atoms with E-state index < -0.39 is 5.91 Å². The lowest BCUT2D eigenvalue weighted by molar-refractivity contribution is 0.0948. The van der Waals surface area contributed by atoms with E-state index in [0.717, 1.165) is 22.0 Å². The highest BCUT2D eigenvalue weighted by Crippen LogP contribution is 2.27. The van der Waals surface area contributed by atoms with Gasteiger partial charge in [-0.05, 0) is 17.5 Å². The zero-order valence-electron chi connectivity index (χ0n) is 16.2. The van der Waals surface area contributed by atoms with Crippen molar-refractivity contribution in [1.29, 1.82) is 0 Å². The average Bonchev–Trinajstić information content (AvgIpc) is 3.33. The second kappa shape index (κ2) is 7.19. The fraction of sp³-hybridized carbons (Fsp3) is 0.150. The molecule has 3 aromatic heterocycles. The van der Waals surface area contributed by atoms with Crippen LogP contribution in [0.15, 0.2) is 49.1 Å². The van der Waals surface area contributed by atoms with E-state index in [1.807, 2.05) is 31.4 Å².